The van der Waals surface area contributed by atoms with Crippen LogP contribution in [0.4, 0.5) is 0 Å². The summed E-state index contributed by atoms with van der Waals surface area (Å²) >= 11 is 0. The third-order valence-electron chi connectivity index (χ3n) is 6.45. The third kappa shape index (κ3) is 2.46. The Bertz CT molecular complexity index is 1080. The number of aliphatic hydroxyl groups is 1. The largest absolute Gasteiger partial charge is 0.497 e. The van der Waals surface area contributed by atoms with Gasteiger partial charge in [-0.1, -0.05) is 6.07 Å². The first-order chi connectivity index (χ1) is 13.6. The van der Waals surface area contributed by atoms with Crippen LogP contribution in [-0.4, -0.2) is 50.0 Å². The Balaban J connectivity index is 1.87. The molecule has 0 unspecified atom stereocenters. The first-order valence-electron chi connectivity index (χ1n) is 9.74. The Kier molecular flexibility index (Phi) is 4.11. The number of hydrogen-bond acceptors (Lipinski definition) is 5. The van der Waals surface area contributed by atoms with Crippen LogP contribution in [0.15, 0.2) is 30.3 Å². The standard InChI is InChI=1S/C23H25NO4/c1-26-13-4-5-14-15(8-13)17-10-22(27-2)23(28-3)11-18(17)16-9-20-21(25)6-7-24(20)12-19(14)16/h4-5,8,10-11,20-21,25H,6-7,9,12H2,1-3H3/t20-,21-/m0/s1. The molecule has 0 radical (unpaired) electrons. The Morgan fingerprint density at radius 3 is 2.29 bits per heavy atom. The van der Waals surface area contributed by atoms with Crippen LogP contribution in [0.5, 0.6) is 17.2 Å². The molecule has 0 bridgehead atoms. The molecular weight excluding hydrogens is 354 g/mol. The van der Waals surface area contributed by atoms with Gasteiger partial charge in [0.05, 0.1) is 27.4 Å². The van der Waals surface area contributed by atoms with Crippen molar-refractivity contribution in [3.63, 3.8) is 0 Å². The van der Waals surface area contributed by atoms with E-state index in [1.165, 1.54) is 21.9 Å². The lowest BCUT2D eigenvalue weighted by Crippen LogP contribution is -2.40. The number of ether oxygens (including phenoxy) is 3. The molecule has 5 rings (SSSR count). The zero-order valence-electron chi connectivity index (χ0n) is 16.5. The summed E-state index contributed by atoms with van der Waals surface area (Å²) in [4.78, 5) is 2.42. The van der Waals surface area contributed by atoms with Crippen molar-refractivity contribution < 1.29 is 19.3 Å². The Morgan fingerprint density at radius 2 is 1.57 bits per heavy atom. The highest BCUT2D eigenvalue weighted by molar-refractivity contribution is 6.12. The lowest BCUT2D eigenvalue weighted by atomic mass is 9.84. The van der Waals surface area contributed by atoms with E-state index in [4.69, 9.17) is 14.2 Å². The van der Waals surface area contributed by atoms with E-state index < -0.39 is 0 Å². The molecule has 0 saturated carbocycles. The minimum atomic E-state index is -0.255. The average molecular weight is 379 g/mol. The van der Waals surface area contributed by atoms with Crippen LogP contribution in [0.2, 0.25) is 0 Å². The topological polar surface area (TPSA) is 51.2 Å². The maximum atomic E-state index is 10.5. The van der Waals surface area contributed by atoms with E-state index in [0.717, 1.165) is 54.0 Å². The minimum absolute atomic E-state index is 0.194. The second-order valence-electron chi connectivity index (χ2n) is 7.72. The van der Waals surface area contributed by atoms with Crippen molar-refractivity contribution in [3.8, 4) is 17.2 Å². The predicted octanol–water partition coefficient (Wildman–Crippen LogP) is 3.51. The molecule has 0 aliphatic carbocycles. The van der Waals surface area contributed by atoms with Gasteiger partial charge in [-0.2, -0.15) is 0 Å². The molecule has 2 aliphatic rings. The van der Waals surface area contributed by atoms with Crippen molar-refractivity contribution in [2.45, 2.75) is 31.5 Å². The highest BCUT2D eigenvalue weighted by Crippen LogP contribution is 2.44. The molecule has 0 amide bonds. The van der Waals surface area contributed by atoms with Crippen molar-refractivity contribution in [3.05, 3.63) is 41.5 Å². The first kappa shape index (κ1) is 17.6. The average Bonchev–Trinajstić information content (AvgIpc) is 3.11. The van der Waals surface area contributed by atoms with Crippen molar-refractivity contribution in [1.29, 1.82) is 0 Å². The Hall–Kier alpha value is -2.50. The van der Waals surface area contributed by atoms with Gasteiger partial charge in [-0.05, 0) is 69.8 Å². The first-order valence-corrected chi connectivity index (χ1v) is 9.74. The molecule has 1 fully saturated rings. The quantitative estimate of drug-likeness (QED) is 0.706. The van der Waals surface area contributed by atoms with E-state index in [2.05, 4.69) is 29.2 Å². The second kappa shape index (κ2) is 6.54. The second-order valence-corrected chi connectivity index (χ2v) is 7.72. The molecule has 5 nitrogen and oxygen atoms in total. The molecule has 0 aromatic heterocycles. The fourth-order valence-corrected chi connectivity index (χ4v) is 5.00. The molecule has 146 valence electrons. The molecule has 3 aromatic rings. The Labute approximate surface area is 164 Å². The molecular formula is C23H25NO4. The van der Waals surface area contributed by atoms with Crippen molar-refractivity contribution in [2.24, 2.45) is 0 Å². The SMILES string of the molecule is COc1ccc2c3c(c4cc(OC)c(OC)cc4c2c1)C[C@H]1[C@@H](O)CCN1C3. The maximum absolute atomic E-state index is 10.5. The van der Waals surface area contributed by atoms with Gasteiger partial charge in [0.2, 0.25) is 0 Å². The lowest BCUT2D eigenvalue weighted by molar-refractivity contribution is 0.106. The number of fused-ring (bicyclic) bond motifs is 7. The Morgan fingerprint density at radius 1 is 0.857 bits per heavy atom. The molecule has 5 heteroatoms. The summed E-state index contributed by atoms with van der Waals surface area (Å²) in [5.74, 6) is 2.29. The van der Waals surface area contributed by atoms with E-state index in [0.29, 0.717) is 0 Å². The summed E-state index contributed by atoms with van der Waals surface area (Å²) in [6.07, 6.45) is 1.44. The van der Waals surface area contributed by atoms with Crippen LogP contribution in [0.3, 0.4) is 0 Å². The van der Waals surface area contributed by atoms with Gasteiger partial charge in [0.15, 0.2) is 11.5 Å². The monoisotopic (exact) mass is 379 g/mol. The lowest BCUT2D eigenvalue weighted by Gasteiger charge is -2.34. The van der Waals surface area contributed by atoms with Gasteiger partial charge in [0.1, 0.15) is 5.75 Å². The van der Waals surface area contributed by atoms with E-state index in [1.54, 1.807) is 21.3 Å². The maximum Gasteiger partial charge on any atom is 0.161 e. The summed E-state index contributed by atoms with van der Waals surface area (Å²) in [5.41, 5.74) is 2.67. The van der Waals surface area contributed by atoms with Crippen LogP contribution in [-0.2, 0) is 13.0 Å². The smallest absolute Gasteiger partial charge is 0.161 e. The van der Waals surface area contributed by atoms with Crippen LogP contribution < -0.4 is 14.2 Å². The van der Waals surface area contributed by atoms with Gasteiger partial charge in [-0.25, -0.2) is 0 Å². The van der Waals surface area contributed by atoms with E-state index >= 15 is 0 Å². The van der Waals surface area contributed by atoms with Gasteiger partial charge in [0.25, 0.3) is 0 Å². The van der Waals surface area contributed by atoms with Crippen molar-refractivity contribution in [1.82, 2.24) is 4.90 Å². The molecule has 0 spiro atoms. The van der Waals surface area contributed by atoms with E-state index in [-0.39, 0.29) is 12.1 Å². The number of benzene rings is 3. The van der Waals surface area contributed by atoms with Gasteiger partial charge in [-0.15, -0.1) is 0 Å². The molecule has 1 saturated heterocycles. The molecule has 2 atom stereocenters. The van der Waals surface area contributed by atoms with Gasteiger partial charge >= 0.3 is 0 Å². The molecule has 28 heavy (non-hydrogen) atoms. The molecule has 2 heterocycles. The summed E-state index contributed by atoms with van der Waals surface area (Å²) in [7, 11) is 5.03. The zero-order valence-corrected chi connectivity index (χ0v) is 16.5. The predicted molar refractivity (Wildman–Crippen MR) is 110 cm³/mol. The minimum Gasteiger partial charge on any atom is -0.497 e. The third-order valence-corrected chi connectivity index (χ3v) is 6.45. The number of methoxy groups -OCH3 is 3. The molecule has 2 aliphatic heterocycles. The van der Waals surface area contributed by atoms with Gasteiger partial charge < -0.3 is 19.3 Å². The zero-order chi connectivity index (χ0) is 19.4. The summed E-state index contributed by atoms with van der Waals surface area (Å²) < 4.78 is 16.7. The van der Waals surface area contributed by atoms with Crippen LogP contribution >= 0.6 is 0 Å². The molecule has 1 N–H and O–H groups in total. The number of nitrogens with zero attached hydrogens (tertiary/aromatic N) is 1. The fraction of sp³-hybridized carbons (Fsp3) is 0.391. The fourth-order valence-electron chi connectivity index (χ4n) is 5.00. The summed E-state index contributed by atoms with van der Waals surface area (Å²) in [6, 6.07) is 10.6. The van der Waals surface area contributed by atoms with E-state index in [1.807, 2.05) is 6.07 Å². The summed E-state index contributed by atoms with van der Waals surface area (Å²) in [6.45, 7) is 1.82. The van der Waals surface area contributed by atoms with E-state index in [9.17, 15) is 5.11 Å². The van der Waals surface area contributed by atoms with Crippen LogP contribution in [0.1, 0.15) is 17.5 Å². The summed E-state index contributed by atoms with van der Waals surface area (Å²) in [5, 5.41) is 15.2. The number of hydrogen-bond donors (Lipinski definition) is 1. The highest BCUT2D eigenvalue weighted by atomic mass is 16.5. The molecule has 3 aromatic carbocycles. The van der Waals surface area contributed by atoms with Crippen LogP contribution in [0, 0.1) is 0 Å². The number of aliphatic hydroxyl groups excluding tert-OH is 1. The van der Waals surface area contributed by atoms with Gasteiger partial charge in [-0.3, -0.25) is 4.90 Å². The normalized spacial score (nSPS) is 21.6. The van der Waals surface area contributed by atoms with Gasteiger partial charge in [0, 0.05) is 19.1 Å². The highest BCUT2D eigenvalue weighted by Gasteiger charge is 2.38. The number of rotatable bonds is 3. The van der Waals surface area contributed by atoms with Crippen LogP contribution in [0.25, 0.3) is 21.5 Å². The van der Waals surface area contributed by atoms with Crippen molar-refractivity contribution in [2.75, 3.05) is 27.9 Å². The van der Waals surface area contributed by atoms with Crippen molar-refractivity contribution >= 4 is 21.5 Å².